The minimum absolute atomic E-state index is 0.0240. The number of phenolic OH excluding ortho intramolecular Hbond substituents is 1. The third-order valence-corrected chi connectivity index (χ3v) is 3.39. The molecule has 0 aliphatic rings. The molecule has 0 fully saturated rings. The van der Waals surface area contributed by atoms with E-state index in [-0.39, 0.29) is 11.4 Å². The molecule has 9 heteroatoms. The molecule has 2 N–H and O–H groups in total. The number of pyridine rings is 1. The monoisotopic (exact) mass is 362 g/mol. The molecule has 0 bridgehead atoms. The Balaban J connectivity index is 1.69. The summed E-state index contributed by atoms with van der Waals surface area (Å²) in [7, 11) is 0. The van der Waals surface area contributed by atoms with Crippen LogP contribution in [-0.2, 0) is 0 Å². The average molecular weight is 362 g/mol. The molecule has 134 valence electrons. The SMILES string of the molecule is O=[N+]([O-])c1ccc(N/N=C/c2cc(N=Nc3ccccc3)ccc2O)nc1. The maximum Gasteiger partial charge on any atom is 0.287 e. The number of phenols is 1. The summed E-state index contributed by atoms with van der Waals surface area (Å²) in [6, 6.07) is 16.8. The largest absolute Gasteiger partial charge is 0.507 e. The van der Waals surface area contributed by atoms with Crippen LogP contribution in [-0.4, -0.2) is 21.2 Å². The lowest BCUT2D eigenvalue weighted by atomic mass is 10.2. The minimum atomic E-state index is -0.534. The summed E-state index contributed by atoms with van der Waals surface area (Å²) in [4.78, 5) is 13.9. The third kappa shape index (κ3) is 4.92. The molecule has 0 spiro atoms. The number of nitrogens with one attached hydrogen (secondary N) is 1. The highest BCUT2D eigenvalue weighted by Gasteiger charge is 2.04. The number of anilines is 1. The van der Waals surface area contributed by atoms with Crippen LogP contribution in [0.5, 0.6) is 5.75 Å². The highest BCUT2D eigenvalue weighted by molar-refractivity contribution is 5.85. The van der Waals surface area contributed by atoms with Crippen LogP contribution >= 0.6 is 0 Å². The maximum absolute atomic E-state index is 10.6. The van der Waals surface area contributed by atoms with E-state index < -0.39 is 4.92 Å². The van der Waals surface area contributed by atoms with Crippen molar-refractivity contribution in [1.82, 2.24) is 4.98 Å². The number of benzene rings is 2. The zero-order valence-corrected chi connectivity index (χ0v) is 13.9. The van der Waals surface area contributed by atoms with E-state index in [0.717, 1.165) is 6.20 Å². The zero-order chi connectivity index (χ0) is 19.1. The molecule has 0 atom stereocenters. The van der Waals surface area contributed by atoms with Crippen molar-refractivity contribution in [3.05, 3.63) is 82.5 Å². The molecule has 0 aliphatic carbocycles. The number of azo groups is 1. The van der Waals surface area contributed by atoms with Crippen LogP contribution in [0.25, 0.3) is 0 Å². The van der Waals surface area contributed by atoms with Crippen LogP contribution in [0.3, 0.4) is 0 Å². The van der Waals surface area contributed by atoms with E-state index in [4.69, 9.17) is 0 Å². The Morgan fingerprint density at radius 1 is 1.04 bits per heavy atom. The summed E-state index contributed by atoms with van der Waals surface area (Å²) >= 11 is 0. The Hall–Kier alpha value is -4.14. The molecule has 0 aliphatic heterocycles. The number of aromatic hydroxyl groups is 1. The van der Waals surface area contributed by atoms with Gasteiger partial charge in [0.2, 0.25) is 0 Å². The van der Waals surface area contributed by atoms with Crippen LogP contribution in [0.4, 0.5) is 22.9 Å². The Labute approximate surface area is 153 Å². The Morgan fingerprint density at radius 3 is 2.52 bits per heavy atom. The Bertz CT molecular complexity index is 988. The Kier molecular flexibility index (Phi) is 5.43. The van der Waals surface area contributed by atoms with Gasteiger partial charge in [-0.25, -0.2) is 4.98 Å². The number of nitrogens with zero attached hydrogens (tertiary/aromatic N) is 5. The molecule has 1 heterocycles. The lowest BCUT2D eigenvalue weighted by molar-refractivity contribution is -0.385. The number of rotatable bonds is 6. The second-order valence-corrected chi connectivity index (χ2v) is 5.31. The fourth-order valence-corrected chi connectivity index (χ4v) is 2.05. The van der Waals surface area contributed by atoms with E-state index in [9.17, 15) is 15.2 Å². The fraction of sp³-hybridized carbons (Fsp3) is 0. The highest BCUT2D eigenvalue weighted by atomic mass is 16.6. The van der Waals surface area contributed by atoms with Gasteiger partial charge < -0.3 is 5.11 Å². The molecule has 0 saturated carbocycles. The number of hydrogen-bond donors (Lipinski definition) is 2. The third-order valence-electron chi connectivity index (χ3n) is 3.39. The van der Waals surface area contributed by atoms with E-state index >= 15 is 0 Å². The second-order valence-electron chi connectivity index (χ2n) is 5.31. The fourth-order valence-electron chi connectivity index (χ4n) is 2.05. The first-order chi connectivity index (χ1) is 13.1. The smallest absolute Gasteiger partial charge is 0.287 e. The van der Waals surface area contributed by atoms with Gasteiger partial charge >= 0.3 is 0 Å². The molecule has 2 aromatic carbocycles. The van der Waals surface area contributed by atoms with Gasteiger partial charge in [0.05, 0.1) is 22.5 Å². The molecule has 0 saturated heterocycles. The predicted molar refractivity (Wildman–Crippen MR) is 101 cm³/mol. The van der Waals surface area contributed by atoms with Crippen LogP contribution in [0.15, 0.2) is 82.2 Å². The van der Waals surface area contributed by atoms with E-state index in [2.05, 4.69) is 25.7 Å². The molecule has 1 aromatic heterocycles. The van der Waals surface area contributed by atoms with Gasteiger partial charge in [-0.1, -0.05) is 18.2 Å². The van der Waals surface area contributed by atoms with E-state index in [1.165, 1.54) is 24.4 Å². The topological polar surface area (TPSA) is 125 Å². The highest BCUT2D eigenvalue weighted by Crippen LogP contribution is 2.24. The van der Waals surface area contributed by atoms with Gasteiger partial charge in [-0.05, 0) is 36.4 Å². The van der Waals surface area contributed by atoms with Gasteiger partial charge in [-0.2, -0.15) is 15.3 Å². The standard InChI is InChI=1S/C18H14N6O3/c25-17-8-6-15(22-21-14-4-2-1-3-5-14)10-13(17)11-20-23-18-9-7-16(12-19-18)24(26)27/h1-12,25H,(H,19,23)/b20-11+,22-21?. The van der Waals surface area contributed by atoms with E-state index in [1.807, 2.05) is 30.3 Å². The van der Waals surface area contributed by atoms with Crippen LogP contribution in [0.1, 0.15) is 5.56 Å². The van der Waals surface area contributed by atoms with E-state index in [0.29, 0.717) is 22.8 Å². The number of hydrazone groups is 1. The summed E-state index contributed by atoms with van der Waals surface area (Å²) in [5, 5.41) is 32.7. The van der Waals surface area contributed by atoms with Crippen molar-refractivity contribution >= 4 is 29.1 Å². The van der Waals surface area contributed by atoms with E-state index in [1.54, 1.807) is 12.1 Å². The van der Waals surface area contributed by atoms with Crippen molar-refractivity contribution in [3.8, 4) is 5.75 Å². The molecular formula is C18H14N6O3. The molecular weight excluding hydrogens is 348 g/mol. The van der Waals surface area contributed by atoms with Gasteiger partial charge in [-0.3, -0.25) is 15.5 Å². The van der Waals surface area contributed by atoms with Crippen molar-refractivity contribution in [3.63, 3.8) is 0 Å². The van der Waals surface area contributed by atoms with Crippen LogP contribution < -0.4 is 5.43 Å². The summed E-state index contributed by atoms with van der Waals surface area (Å²) in [5.74, 6) is 0.354. The average Bonchev–Trinajstić information content (AvgIpc) is 2.69. The van der Waals surface area contributed by atoms with Gasteiger partial charge in [0, 0.05) is 11.6 Å². The first-order valence-corrected chi connectivity index (χ1v) is 7.81. The summed E-state index contributed by atoms with van der Waals surface area (Å²) in [5.41, 5.74) is 4.21. The number of nitro groups is 1. The first kappa shape index (κ1) is 17.7. The number of hydrogen-bond acceptors (Lipinski definition) is 8. The van der Waals surface area contributed by atoms with Crippen molar-refractivity contribution in [2.45, 2.75) is 0 Å². The summed E-state index contributed by atoms with van der Waals surface area (Å²) in [6.45, 7) is 0. The minimum Gasteiger partial charge on any atom is -0.507 e. The quantitative estimate of drug-likeness (QED) is 0.288. The van der Waals surface area contributed by atoms with Crippen molar-refractivity contribution in [2.75, 3.05) is 5.43 Å². The molecule has 27 heavy (non-hydrogen) atoms. The lowest BCUT2D eigenvalue weighted by Gasteiger charge is -2.01. The van der Waals surface area contributed by atoms with Crippen molar-refractivity contribution in [1.29, 1.82) is 0 Å². The Morgan fingerprint density at radius 2 is 1.81 bits per heavy atom. The maximum atomic E-state index is 10.6. The molecule has 9 nitrogen and oxygen atoms in total. The van der Waals surface area contributed by atoms with Crippen molar-refractivity contribution in [2.24, 2.45) is 15.3 Å². The van der Waals surface area contributed by atoms with Crippen LogP contribution in [0.2, 0.25) is 0 Å². The lowest BCUT2D eigenvalue weighted by Crippen LogP contribution is -1.95. The summed E-state index contributed by atoms with van der Waals surface area (Å²) in [6.07, 6.45) is 2.51. The zero-order valence-electron chi connectivity index (χ0n) is 13.9. The van der Waals surface area contributed by atoms with Gasteiger partial charge in [0.15, 0.2) is 0 Å². The van der Waals surface area contributed by atoms with Crippen molar-refractivity contribution < 1.29 is 10.0 Å². The molecule has 0 unspecified atom stereocenters. The van der Waals surface area contributed by atoms with Crippen LogP contribution in [0, 0.1) is 10.1 Å². The predicted octanol–water partition coefficient (Wildman–Crippen LogP) is 4.56. The molecule has 3 aromatic rings. The second kappa shape index (κ2) is 8.30. The van der Waals surface area contributed by atoms with Gasteiger partial charge in [0.1, 0.15) is 17.8 Å². The molecule has 0 radical (unpaired) electrons. The first-order valence-electron chi connectivity index (χ1n) is 7.81. The molecule has 0 amide bonds. The normalized spacial score (nSPS) is 11.1. The molecule has 3 rings (SSSR count). The number of aromatic nitrogens is 1. The van der Waals surface area contributed by atoms with Gasteiger partial charge in [-0.15, -0.1) is 0 Å². The summed E-state index contributed by atoms with van der Waals surface area (Å²) < 4.78 is 0. The van der Waals surface area contributed by atoms with Gasteiger partial charge in [0.25, 0.3) is 5.69 Å².